The van der Waals surface area contributed by atoms with Crippen LogP contribution in [0.5, 0.6) is 0 Å². The summed E-state index contributed by atoms with van der Waals surface area (Å²) >= 11 is 0. The molecular weight excluding hydrogens is 250 g/mol. The van der Waals surface area contributed by atoms with Crippen molar-refractivity contribution in [3.05, 3.63) is 51.9 Å². The zero-order chi connectivity index (χ0) is 14.5. The monoisotopic (exact) mass is 271 g/mol. The predicted octanol–water partition coefficient (Wildman–Crippen LogP) is 3.59. The summed E-state index contributed by atoms with van der Waals surface area (Å²) in [5, 5.41) is 3.14. The maximum Gasteiger partial charge on any atom is 0.252 e. The lowest BCUT2D eigenvalue weighted by Gasteiger charge is -2.09. The van der Waals surface area contributed by atoms with Crippen LogP contribution in [0.1, 0.15) is 44.4 Å². The smallest absolute Gasteiger partial charge is 0.252 e. The Bertz CT molecular complexity index is 614. The topological polar surface area (TPSA) is 57.8 Å². The summed E-state index contributed by atoms with van der Waals surface area (Å²) in [4.78, 5) is 18.7. The Balaban J connectivity index is 2.18. The van der Waals surface area contributed by atoms with Gasteiger partial charge in [-0.25, -0.2) is 4.98 Å². The molecule has 0 fully saturated rings. The fourth-order valence-electron chi connectivity index (χ4n) is 2.04. The van der Waals surface area contributed by atoms with Crippen molar-refractivity contribution in [2.24, 2.45) is 0 Å². The molecule has 0 unspecified atom stereocenters. The molecule has 1 aromatic carbocycles. The third-order valence-corrected chi connectivity index (χ3v) is 3.14. The molecule has 0 radical (unpaired) electrons. The number of hydrogen-bond acceptors (Lipinski definition) is 3. The molecule has 106 valence electrons. The molecule has 1 heterocycles. The van der Waals surface area contributed by atoms with Gasteiger partial charge in [0.05, 0.1) is 0 Å². The summed E-state index contributed by atoms with van der Waals surface area (Å²) in [6.45, 7) is 6.39. The molecule has 0 aliphatic rings. The molecule has 0 aliphatic heterocycles. The van der Waals surface area contributed by atoms with Crippen LogP contribution in [0.2, 0.25) is 0 Å². The minimum Gasteiger partial charge on any atom is -0.326 e. The van der Waals surface area contributed by atoms with Gasteiger partial charge in [0.2, 0.25) is 5.95 Å². The van der Waals surface area contributed by atoms with Crippen LogP contribution < -0.4 is 10.9 Å². The van der Waals surface area contributed by atoms with E-state index in [0.29, 0.717) is 11.9 Å². The second-order valence-corrected chi connectivity index (χ2v) is 5.24. The van der Waals surface area contributed by atoms with Gasteiger partial charge < -0.3 is 5.32 Å². The summed E-state index contributed by atoms with van der Waals surface area (Å²) < 4.78 is 0. The number of nitrogens with one attached hydrogen (secondary N) is 2. The van der Waals surface area contributed by atoms with E-state index in [0.717, 1.165) is 24.2 Å². The number of H-pyrrole nitrogens is 1. The first-order chi connectivity index (χ1) is 9.58. The van der Waals surface area contributed by atoms with Crippen LogP contribution in [0, 0.1) is 0 Å². The minimum atomic E-state index is -0.121. The van der Waals surface area contributed by atoms with E-state index in [-0.39, 0.29) is 5.56 Å². The fraction of sp³-hybridized carbons (Fsp3) is 0.375. The largest absolute Gasteiger partial charge is 0.326 e. The maximum atomic E-state index is 11.6. The van der Waals surface area contributed by atoms with E-state index >= 15 is 0 Å². The molecule has 4 nitrogen and oxygen atoms in total. The van der Waals surface area contributed by atoms with E-state index in [4.69, 9.17) is 0 Å². The van der Waals surface area contributed by atoms with Crippen molar-refractivity contribution in [3.8, 4) is 0 Å². The Morgan fingerprint density at radius 2 is 1.95 bits per heavy atom. The number of aromatic amines is 1. The molecule has 20 heavy (non-hydrogen) atoms. The van der Waals surface area contributed by atoms with Gasteiger partial charge in [0.1, 0.15) is 0 Å². The molecule has 0 amide bonds. The van der Waals surface area contributed by atoms with Gasteiger partial charge in [0.15, 0.2) is 0 Å². The van der Waals surface area contributed by atoms with Crippen LogP contribution >= 0.6 is 0 Å². The van der Waals surface area contributed by atoms with Crippen LogP contribution in [-0.2, 0) is 6.42 Å². The lowest BCUT2D eigenvalue weighted by Crippen LogP contribution is -2.12. The Hall–Kier alpha value is -2.10. The van der Waals surface area contributed by atoms with Gasteiger partial charge in [0, 0.05) is 17.4 Å². The highest BCUT2D eigenvalue weighted by atomic mass is 16.1. The summed E-state index contributed by atoms with van der Waals surface area (Å²) in [5.41, 5.74) is 2.91. The van der Waals surface area contributed by atoms with Crippen molar-refractivity contribution >= 4 is 11.6 Å². The minimum absolute atomic E-state index is 0.121. The molecule has 0 atom stereocenters. The number of hydrogen-bond donors (Lipinski definition) is 2. The number of aryl methyl sites for hydroxylation is 1. The lowest BCUT2D eigenvalue weighted by atomic mass is 10.0. The number of nitrogens with zero attached hydrogens (tertiary/aromatic N) is 1. The second kappa shape index (κ2) is 6.37. The average molecular weight is 271 g/mol. The summed E-state index contributed by atoms with van der Waals surface area (Å²) in [7, 11) is 0. The van der Waals surface area contributed by atoms with E-state index in [1.54, 1.807) is 6.07 Å². The third-order valence-electron chi connectivity index (χ3n) is 3.14. The Morgan fingerprint density at radius 3 is 2.55 bits per heavy atom. The van der Waals surface area contributed by atoms with Gasteiger partial charge in [-0.15, -0.1) is 0 Å². The summed E-state index contributed by atoms with van der Waals surface area (Å²) in [6, 6.07) is 9.72. The Morgan fingerprint density at radius 1 is 1.25 bits per heavy atom. The average Bonchev–Trinajstić information content (AvgIpc) is 2.39. The quantitative estimate of drug-likeness (QED) is 0.873. The van der Waals surface area contributed by atoms with E-state index in [1.807, 2.05) is 12.1 Å². The number of aromatic nitrogens is 2. The molecule has 2 N–H and O–H groups in total. The van der Waals surface area contributed by atoms with E-state index < -0.39 is 0 Å². The SMILES string of the molecule is CCCc1cc(=O)[nH]c(Nc2ccc(C(C)C)cc2)n1. The van der Waals surface area contributed by atoms with E-state index in [1.165, 1.54) is 5.56 Å². The number of anilines is 2. The van der Waals surface area contributed by atoms with Crippen LogP contribution in [0.4, 0.5) is 11.6 Å². The number of rotatable bonds is 5. The zero-order valence-electron chi connectivity index (χ0n) is 12.2. The lowest BCUT2D eigenvalue weighted by molar-refractivity contribution is 0.866. The van der Waals surface area contributed by atoms with Crippen molar-refractivity contribution < 1.29 is 0 Å². The van der Waals surface area contributed by atoms with Gasteiger partial charge >= 0.3 is 0 Å². The number of benzene rings is 1. The van der Waals surface area contributed by atoms with Crippen LogP contribution in [-0.4, -0.2) is 9.97 Å². The van der Waals surface area contributed by atoms with Gasteiger partial charge in [-0.2, -0.15) is 0 Å². The van der Waals surface area contributed by atoms with E-state index in [9.17, 15) is 4.79 Å². The first-order valence-corrected chi connectivity index (χ1v) is 7.05. The summed E-state index contributed by atoms with van der Waals surface area (Å²) in [5.74, 6) is 1.01. The molecule has 0 saturated carbocycles. The van der Waals surface area contributed by atoms with Gasteiger partial charge in [-0.05, 0) is 30.0 Å². The van der Waals surface area contributed by atoms with Gasteiger partial charge in [0.25, 0.3) is 5.56 Å². The highest BCUT2D eigenvalue weighted by Gasteiger charge is 2.03. The highest BCUT2D eigenvalue weighted by molar-refractivity contribution is 5.53. The Labute approximate surface area is 119 Å². The van der Waals surface area contributed by atoms with Gasteiger partial charge in [-0.3, -0.25) is 9.78 Å². The van der Waals surface area contributed by atoms with Crippen LogP contribution in [0.15, 0.2) is 35.1 Å². The first kappa shape index (κ1) is 14.3. The molecule has 2 rings (SSSR count). The molecule has 0 aliphatic carbocycles. The van der Waals surface area contributed by atoms with E-state index in [2.05, 4.69) is 48.2 Å². The van der Waals surface area contributed by atoms with Crippen molar-refractivity contribution in [1.29, 1.82) is 0 Å². The molecule has 2 aromatic rings. The first-order valence-electron chi connectivity index (χ1n) is 7.05. The molecule has 0 bridgehead atoms. The standard InChI is InChI=1S/C16H21N3O/c1-4-5-14-10-15(20)19-16(18-14)17-13-8-6-12(7-9-13)11(2)3/h6-11H,4-5H2,1-3H3,(H2,17,18,19,20). The Kier molecular flexibility index (Phi) is 4.56. The second-order valence-electron chi connectivity index (χ2n) is 5.24. The molecule has 0 saturated heterocycles. The highest BCUT2D eigenvalue weighted by Crippen LogP contribution is 2.18. The van der Waals surface area contributed by atoms with Crippen LogP contribution in [0.25, 0.3) is 0 Å². The molecule has 1 aromatic heterocycles. The predicted molar refractivity (Wildman–Crippen MR) is 82.7 cm³/mol. The van der Waals surface area contributed by atoms with Crippen molar-refractivity contribution in [2.45, 2.75) is 39.5 Å². The van der Waals surface area contributed by atoms with Gasteiger partial charge in [-0.1, -0.05) is 39.3 Å². The zero-order valence-corrected chi connectivity index (χ0v) is 12.2. The van der Waals surface area contributed by atoms with Crippen molar-refractivity contribution in [3.63, 3.8) is 0 Å². The third kappa shape index (κ3) is 3.70. The van der Waals surface area contributed by atoms with Crippen LogP contribution in [0.3, 0.4) is 0 Å². The van der Waals surface area contributed by atoms with Crippen molar-refractivity contribution in [1.82, 2.24) is 9.97 Å². The maximum absolute atomic E-state index is 11.6. The fourth-order valence-corrected chi connectivity index (χ4v) is 2.04. The normalized spacial score (nSPS) is 10.8. The summed E-state index contributed by atoms with van der Waals surface area (Å²) in [6.07, 6.45) is 1.78. The molecular formula is C16H21N3O. The molecule has 4 heteroatoms. The van der Waals surface area contributed by atoms with Crippen molar-refractivity contribution in [2.75, 3.05) is 5.32 Å². The molecule has 0 spiro atoms.